The van der Waals surface area contributed by atoms with E-state index in [-0.39, 0.29) is 45.7 Å². The van der Waals surface area contributed by atoms with Gasteiger partial charge >= 0.3 is 6.18 Å². The molecule has 236 valence electrons. The molecule has 0 unspecified atom stereocenters. The number of nitrogens with two attached hydrogens (primary N) is 2. The summed E-state index contributed by atoms with van der Waals surface area (Å²) in [6.45, 7) is 0.218. The van der Waals surface area contributed by atoms with Gasteiger partial charge in [0, 0.05) is 28.7 Å². The van der Waals surface area contributed by atoms with Gasteiger partial charge in [-0.3, -0.25) is 10.1 Å². The fraction of sp³-hybridized carbons (Fsp3) is 0.333. The number of fused-ring (bicyclic) bond motifs is 1. The summed E-state index contributed by atoms with van der Waals surface area (Å²) in [7, 11) is 1.34. The van der Waals surface area contributed by atoms with Gasteiger partial charge < -0.3 is 30.8 Å². The highest BCUT2D eigenvalue weighted by atomic mass is 19.4. The van der Waals surface area contributed by atoms with E-state index >= 15 is 0 Å². The molecule has 3 aromatic rings. The number of aliphatic hydroxyl groups is 1. The number of primary amides is 1. The first kappa shape index (κ1) is 31.3. The topological polar surface area (TPSA) is 178 Å². The number of nitrogens with zero attached hydrogens (tertiary/aromatic N) is 3. The minimum Gasteiger partial charge on any atom is -0.493 e. The number of rotatable bonds is 9. The predicted octanol–water partition coefficient (Wildman–Crippen LogP) is 3.52. The van der Waals surface area contributed by atoms with Crippen molar-refractivity contribution in [3.8, 4) is 34.7 Å². The van der Waals surface area contributed by atoms with Gasteiger partial charge in [-0.25, -0.2) is 14.4 Å². The SMILES string of the molecule is COc1c(OC2CC2)ccc(C(N)=O)c1C[C@](C)(O)c1cc2c(c(-c3ccc(F)cc3)n1)OC[C@@]2(N=C(N)NC#N)C(F)(F)F. The first-order valence-corrected chi connectivity index (χ1v) is 13.6. The van der Waals surface area contributed by atoms with Crippen molar-refractivity contribution in [1.82, 2.24) is 10.3 Å². The first-order valence-electron chi connectivity index (χ1n) is 13.6. The van der Waals surface area contributed by atoms with Crippen molar-refractivity contribution in [2.45, 2.75) is 49.6 Å². The summed E-state index contributed by atoms with van der Waals surface area (Å²) in [5.74, 6) is -2.20. The van der Waals surface area contributed by atoms with Crippen molar-refractivity contribution in [3.05, 3.63) is 70.7 Å². The Kier molecular flexibility index (Phi) is 7.96. The van der Waals surface area contributed by atoms with Crippen molar-refractivity contribution >= 4 is 11.9 Å². The summed E-state index contributed by atoms with van der Waals surface area (Å²) in [6, 6.07) is 8.65. The van der Waals surface area contributed by atoms with Crippen molar-refractivity contribution in [3.63, 3.8) is 0 Å². The Labute approximate surface area is 254 Å². The van der Waals surface area contributed by atoms with E-state index in [4.69, 9.17) is 30.9 Å². The maximum Gasteiger partial charge on any atom is 0.421 e. The van der Waals surface area contributed by atoms with Gasteiger partial charge in [0.1, 0.15) is 23.7 Å². The number of carbonyl (C=O) groups excluding carboxylic acids is 1. The van der Waals surface area contributed by atoms with Crippen LogP contribution in [0.5, 0.6) is 17.2 Å². The molecule has 2 heterocycles. The zero-order chi connectivity index (χ0) is 32.7. The highest BCUT2D eigenvalue weighted by Gasteiger charge is 2.62. The Balaban J connectivity index is 1.73. The molecule has 45 heavy (non-hydrogen) atoms. The zero-order valence-corrected chi connectivity index (χ0v) is 24.0. The number of guanidine groups is 1. The smallest absolute Gasteiger partial charge is 0.421 e. The number of nitrogens with one attached hydrogen (secondary N) is 1. The molecule has 1 aliphatic heterocycles. The lowest BCUT2D eigenvalue weighted by Crippen LogP contribution is -2.45. The number of methoxy groups -OCH3 is 1. The summed E-state index contributed by atoms with van der Waals surface area (Å²) >= 11 is 0. The molecule has 2 atom stereocenters. The number of aromatic nitrogens is 1. The third kappa shape index (κ3) is 5.88. The third-order valence-corrected chi connectivity index (χ3v) is 7.51. The minimum absolute atomic E-state index is 0.0110. The molecule has 2 aromatic carbocycles. The van der Waals surface area contributed by atoms with Crippen molar-refractivity contribution < 1.29 is 41.7 Å². The summed E-state index contributed by atoms with van der Waals surface area (Å²) < 4.78 is 75.5. The number of pyridine rings is 1. The number of alkyl halides is 3. The standard InChI is InChI=1S/C30H28F4N6O5/c1-28(42,12-19-18(26(36)41)9-10-21(24(19)43-2)45-17-7-8-17)22-11-20-25(23(39-22)15-3-5-16(31)6-4-15)44-13-29(20,30(32,33)34)40-27(37)38-14-35/h3-6,9-11,17,42H,7-8,12-13H2,1-2H3,(H2,36,41)(H3,37,38,40)/t28-,29-/m0/s1. The van der Waals surface area contributed by atoms with Gasteiger partial charge in [-0.2, -0.15) is 18.4 Å². The lowest BCUT2D eigenvalue weighted by molar-refractivity contribution is -0.190. The van der Waals surface area contributed by atoms with Gasteiger partial charge in [0.05, 0.1) is 18.9 Å². The van der Waals surface area contributed by atoms with Crippen LogP contribution in [0.15, 0.2) is 47.5 Å². The second-order valence-corrected chi connectivity index (χ2v) is 10.9. The summed E-state index contributed by atoms with van der Waals surface area (Å²) in [6.07, 6.45) is -2.51. The molecule has 0 saturated heterocycles. The van der Waals surface area contributed by atoms with E-state index in [0.717, 1.165) is 31.0 Å². The minimum atomic E-state index is -5.11. The number of ether oxygens (including phenoxy) is 3. The Hall–Kier alpha value is -5.10. The van der Waals surface area contributed by atoms with Crippen LogP contribution in [-0.4, -0.2) is 48.0 Å². The van der Waals surface area contributed by atoms with Crippen LogP contribution in [0.1, 0.15) is 46.9 Å². The largest absolute Gasteiger partial charge is 0.493 e. The molecule has 0 bridgehead atoms. The molecule has 5 rings (SSSR count). The van der Waals surface area contributed by atoms with E-state index in [1.165, 1.54) is 44.5 Å². The van der Waals surface area contributed by atoms with Gasteiger partial charge in [-0.05, 0) is 62.2 Å². The molecular weight excluding hydrogens is 600 g/mol. The number of benzene rings is 2. The molecule has 1 aromatic heterocycles. The maximum atomic E-state index is 14.9. The lowest BCUT2D eigenvalue weighted by atomic mass is 9.85. The Morgan fingerprint density at radius 1 is 1.24 bits per heavy atom. The molecule has 1 amide bonds. The number of amides is 1. The highest BCUT2D eigenvalue weighted by Crippen LogP contribution is 2.53. The van der Waals surface area contributed by atoms with E-state index in [1.54, 1.807) is 0 Å². The van der Waals surface area contributed by atoms with Crippen LogP contribution in [0, 0.1) is 17.3 Å². The molecule has 6 N–H and O–H groups in total. The Morgan fingerprint density at radius 2 is 1.93 bits per heavy atom. The summed E-state index contributed by atoms with van der Waals surface area (Å²) in [5, 5.41) is 22.7. The summed E-state index contributed by atoms with van der Waals surface area (Å²) in [4.78, 5) is 20.5. The van der Waals surface area contributed by atoms with Crippen molar-refractivity contribution in [2.75, 3.05) is 13.7 Å². The van der Waals surface area contributed by atoms with E-state index in [1.807, 2.05) is 5.32 Å². The average Bonchev–Trinajstić information content (AvgIpc) is 3.71. The molecule has 0 spiro atoms. The number of nitriles is 1. The van der Waals surface area contributed by atoms with Crippen LogP contribution in [0.4, 0.5) is 17.6 Å². The van der Waals surface area contributed by atoms with Gasteiger partial charge in [0.15, 0.2) is 23.4 Å². The van der Waals surface area contributed by atoms with E-state index < -0.39 is 53.6 Å². The molecule has 2 aliphatic rings. The monoisotopic (exact) mass is 628 g/mol. The molecule has 15 heteroatoms. The fourth-order valence-corrected chi connectivity index (χ4v) is 5.13. The van der Waals surface area contributed by atoms with Gasteiger partial charge in [0.2, 0.25) is 17.4 Å². The second kappa shape index (κ2) is 11.4. The molecular formula is C30H28F4N6O5. The van der Waals surface area contributed by atoms with Crippen LogP contribution < -0.4 is 31.0 Å². The highest BCUT2D eigenvalue weighted by molar-refractivity contribution is 5.95. The summed E-state index contributed by atoms with van der Waals surface area (Å²) in [5.41, 5.74) is 5.35. The Bertz CT molecular complexity index is 1720. The first-order chi connectivity index (χ1) is 21.2. The maximum absolute atomic E-state index is 14.9. The Morgan fingerprint density at radius 3 is 2.51 bits per heavy atom. The number of halogens is 4. The zero-order valence-electron chi connectivity index (χ0n) is 24.0. The molecule has 1 fully saturated rings. The molecule has 11 nitrogen and oxygen atoms in total. The van der Waals surface area contributed by atoms with E-state index in [0.29, 0.717) is 5.75 Å². The normalized spacial score (nSPS) is 19.1. The van der Waals surface area contributed by atoms with Gasteiger partial charge in [-0.1, -0.05) is 0 Å². The van der Waals surface area contributed by atoms with E-state index in [2.05, 4.69) is 9.98 Å². The van der Waals surface area contributed by atoms with Crippen molar-refractivity contribution in [2.24, 2.45) is 16.5 Å². The number of carbonyl (C=O) groups is 1. The second-order valence-electron chi connectivity index (χ2n) is 10.9. The van der Waals surface area contributed by atoms with Crippen LogP contribution in [-0.2, 0) is 17.6 Å². The fourth-order valence-electron chi connectivity index (χ4n) is 5.13. The third-order valence-electron chi connectivity index (χ3n) is 7.51. The quantitative estimate of drug-likeness (QED) is 0.0907. The van der Waals surface area contributed by atoms with Gasteiger partial charge in [0.25, 0.3) is 0 Å². The number of hydrogen-bond acceptors (Lipinski definition) is 8. The molecule has 1 aliphatic carbocycles. The lowest BCUT2D eigenvalue weighted by Gasteiger charge is -2.29. The van der Waals surface area contributed by atoms with Crippen LogP contribution >= 0.6 is 0 Å². The van der Waals surface area contributed by atoms with Crippen LogP contribution in [0.3, 0.4) is 0 Å². The average molecular weight is 629 g/mol. The van der Waals surface area contributed by atoms with Crippen LogP contribution in [0.25, 0.3) is 11.3 Å². The molecule has 1 saturated carbocycles. The van der Waals surface area contributed by atoms with E-state index in [9.17, 15) is 27.5 Å². The predicted molar refractivity (Wildman–Crippen MR) is 152 cm³/mol. The molecule has 0 radical (unpaired) electrons. The number of aliphatic imine (C=N–C) groups is 1. The number of hydrogen-bond donors (Lipinski definition) is 4. The van der Waals surface area contributed by atoms with Gasteiger partial charge in [-0.15, -0.1) is 0 Å². The van der Waals surface area contributed by atoms with Crippen molar-refractivity contribution in [1.29, 1.82) is 5.26 Å². The van der Waals surface area contributed by atoms with Crippen LogP contribution in [0.2, 0.25) is 0 Å².